The predicted molar refractivity (Wildman–Crippen MR) is 75.9 cm³/mol. The van der Waals surface area contributed by atoms with Gasteiger partial charge in [-0.2, -0.15) is 0 Å². The van der Waals surface area contributed by atoms with Gasteiger partial charge in [-0.15, -0.1) is 0 Å². The lowest BCUT2D eigenvalue weighted by molar-refractivity contribution is 0.317. The zero-order valence-corrected chi connectivity index (χ0v) is 11.6. The number of hydrogen-bond acceptors (Lipinski definition) is 2. The van der Waals surface area contributed by atoms with E-state index in [1.807, 2.05) is 31.2 Å². The summed E-state index contributed by atoms with van der Waals surface area (Å²) in [5, 5.41) is 2.74. The molecule has 1 N–H and O–H groups in total. The zero-order chi connectivity index (χ0) is 15.2. The summed E-state index contributed by atoms with van der Waals surface area (Å²) < 4.78 is 44.8. The van der Waals surface area contributed by atoms with Crippen LogP contribution in [0, 0.1) is 17.5 Å². The Kier molecular flexibility index (Phi) is 5.09. The van der Waals surface area contributed by atoms with Gasteiger partial charge in [-0.25, -0.2) is 13.2 Å². The first-order chi connectivity index (χ1) is 10.1. The third-order valence-corrected chi connectivity index (χ3v) is 2.91. The van der Waals surface area contributed by atoms with Crippen LogP contribution in [0.3, 0.4) is 0 Å². The molecule has 0 radical (unpaired) electrons. The summed E-state index contributed by atoms with van der Waals surface area (Å²) in [5.41, 5.74) is 0.809. The number of anilines is 1. The summed E-state index contributed by atoms with van der Waals surface area (Å²) in [5.74, 6) is -3.11. The molecule has 2 nitrogen and oxygen atoms in total. The van der Waals surface area contributed by atoms with Crippen LogP contribution in [0.15, 0.2) is 36.4 Å². The van der Waals surface area contributed by atoms with Crippen molar-refractivity contribution >= 4 is 5.69 Å². The van der Waals surface area contributed by atoms with Crippen molar-refractivity contribution in [3.8, 4) is 5.75 Å². The van der Waals surface area contributed by atoms with Crippen LogP contribution in [0.4, 0.5) is 18.9 Å². The molecule has 0 fully saturated rings. The van der Waals surface area contributed by atoms with E-state index in [2.05, 4.69) is 5.32 Å². The third-order valence-electron chi connectivity index (χ3n) is 2.91. The topological polar surface area (TPSA) is 21.3 Å². The quantitative estimate of drug-likeness (QED) is 0.792. The fraction of sp³-hybridized carbons (Fsp3) is 0.250. The Morgan fingerprint density at radius 3 is 2.33 bits per heavy atom. The second-order valence-electron chi connectivity index (χ2n) is 4.57. The molecule has 5 heteroatoms. The Hall–Kier alpha value is -2.17. The van der Waals surface area contributed by atoms with Gasteiger partial charge >= 0.3 is 0 Å². The highest BCUT2D eigenvalue weighted by Crippen LogP contribution is 2.20. The Balaban J connectivity index is 1.98. The van der Waals surface area contributed by atoms with Crippen molar-refractivity contribution in [2.24, 2.45) is 0 Å². The maximum atomic E-state index is 13.5. The highest BCUT2D eigenvalue weighted by molar-refractivity contribution is 5.46. The predicted octanol–water partition coefficient (Wildman–Crippen LogP) is 4.50. The number of nitrogens with one attached hydrogen (secondary N) is 1. The Bertz CT molecular complexity index is 599. The molecule has 2 aromatic rings. The van der Waals surface area contributed by atoms with E-state index in [1.165, 1.54) is 6.07 Å². The van der Waals surface area contributed by atoms with Crippen LogP contribution in [-0.2, 0) is 6.54 Å². The van der Waals surface area contributed by atoms with E-state index in [4.69, 9.17) is 4.74 Å². The van der Waals surface area contributed by atoms with Gasteiger partial charge in [0.25, 0.3) is 0 Å². The maximum absolute atomic E-state index is 13.5. The van der Waals surface area contributed by atoms with Crippen molar-refractivity contribution in [3.05, 3.63) is 59.4 Å². The first-order valence-electron chi connectivity index (χ1n) is 6.71. The molecule has 2 aromatic carbocycles. The molecule has 0 heterocycles. The average molecular weight is 295 g/mol. The lowest BCUT2D eigenvalue weighted by Gasteiger charge is -2.09. The molecule has 0 atom stereocenters. The van der Waals surface area contributed by atoms with E-state index in [9.17, 15) is 13.2 Å². The van der Waals surface area contributed by atoms with Crippen molar-refractivity contribution in [1.29, 1.82) is 0 Å². The first kappa shape index (κ1) is 15.2. The van der Waals surface area contributed by atoms with Crippen molar-refractivity contribution in [1.82, 2.24) is 0 Å². The van der Waals surface area contributed by atoms with Gasteiger partial charge < -0.3 is 10.1 Å². The van der Waals surface area contributed by atoms with E-state index in [0.29, 0.717) is 13.2 Å². The maximum Gasteiger partial charge on any atom is 0.196 e. The SMILES string of the molecule is CCCOc1ccc(CNc2ccc(F)c(F)c2F)cc1. The molecule has 0 aliphatic carbocycles. The van der Waals surface area contributed by atoms with Gasteiger partial charge in [-0.1, -0.05) is 19.1 Å². The summed E-state index contributed by atoms with van der Waals surface area (Å²) >= 11 is 0. The summed E-state index contributed by atoms with van der Waals surface area (Å²) in [6.45, 7) is 2.97. The molecule has 0 amide bonds. The molecule has 0 aliphatic heterocycles. The third kappa shape index (κ3) is 3.90. The molecule has 0 aromatic heterocycles. The van der Waals surface area contributed by atoms with E-state index in [0.717, 1.165) is 23.8 Å². The van der Waals surface area contributed by atoms with E-state index in [-0.39, 0.29) is 5.69 Å². The van der Waals surface area contributed by atoms with Gasteiger partial charge in [0.05, 0.1) is 12.3 Å². The second-order valence-corrected chi connectivity index (χ2v) is 4.57. The van der Waals surface area contributed by atoms with Gasteiger partial charge in [-0.3, -0.25) is 0 Å². The number of rotatable bonds is 6. The van der Waals surface area contributed by atoms with Crippen LogP contribution >= 0.6 is 0 Å². The van der Waals surface area contributed by atoms with Gasteiger partial charge in [0.15, 0.2) is 17.5 Å². The lowest BCUT2D eigenvalue weighted by Crippen LogP contribution is -2.04. The van der Waals surface area contributed by atoms with Crippen molar-refractivity contribution < 1.29 is 17.9 Å². The van der Waals surface area contributed by atoms with E-state index >= 15 is 0 Å². The van der Waals surface area contributed by atoms with Gasteiger partial charge in [0.1, 0.15) is 5.75 Å². The standard InChI is InChI=1S/C16H16F3NO/c1-2-9-21-12-5-3-11(4-6-12)10-20-14-8-7-13(17)15(18)16(14)19/h3-8,20H,2,9-10H2,1H3. The fourth-order valence-electron chi connectivity index (χ4n) is 1.78. The molecule has 0 saturated heterocycles. The molecule has 2 rings (SSSR count). The first-order valence-corrected chi connectivity index (χ1v) is 6.71. The largest absolute Gasteiger partial charge is 0.494 e. The fourth-order valence-corrected chi connectivity index (χ4v) is 1.78. The molecule has 0 saturated carbocycles. The minimum absolute atomic E-state index is 0.0693. The van der Waals surface area contributed by atoms with Crippen molar-refractivity contribution in [2.45, 2.75) is 19.9 Å². The molecular formula is C16H16F3NO. The molecule has 112 valence electrons. The van der Waals surface area contributed by atoms with E-state index < -0.39 is 17.5 Å². The number of halogens is 3. The molecule has 0 bridgehead atoms. The van der Waals surface area contributed by atoms with Crippen LogP contribution in [0.2, 0.25) is 0 Å². The zero-order valence-electron chi connectivity index (χ0n) is 11.6. The Morgan fingerprint density at radius 2 is 1.67 bits per heavy atom. The minimum atomic E-state index is -1.47. The molecule has 0 aliphatic rings. The van der Waals surface area contributed by atoms with Crippen molar-refractivity contribution in [2.75, 3.05) is 11.9 Å². The summed E-state index contributed by atoms with van der Waals surface area (Å²) in [4.78, 5) is 0. The highest BCUT2D eigenvalue weighted by Gasteiger charge is 2.12. The van der Waals surface area contributed by atoms with Gasteiger partial charge in [0.2, 0.25) is 0 Å². The van der Waals surface area contributed by atoms with Crippen LogP contribution < -0.4 is 10.1 Å². The van der Waals surface area contributed by atoms with Crippen LogP contribution in [0.5, 0.6) is 5.75 Å². The summed E-state index contributed by atoms with van der Waals surface area (Å²) in [6, 6.07) is 9.35. The number of ether oxygens (including phenoxy) is 1. The van der Waals surface area contributed by atoms with Crippen LogP contribution in [0.1, 0.15) is 18.9 Å². The van der Waals surface area contributed by atoms with Crippen molar-refractivity contribution in [3.63, 3.8) is 0 Å². The number of benzene rings is 2. The van der Waals surface area contributed by atoms with E-state index in [1.54, 1.807) is 0 Å². The van der Waals surface area contributed by atoms with Gasteiger partial charge in [0, 0.05) is 6.54 Å². The Labute approximate surface area is 121 Å². The molecule has 21 heavy (non-hydrogen) atoms. The highest BCUT2D eigenvalue weighted by atomic mass is 19.2. The Morgan fingerprint density at radius 1 is 0.952 bits per heavy atom. The normalized spacial score (nSPS) is 10.5. The minimum Gasteiger partial charge on any atom is -0.494 e. The average Bonchev–Trinajstić information content (AvgIpc) is 2.51. The second kappa shape index (κ2) is 7.02. The molecular weight excluding hydrogens is 279 g/mol. The van der Waals surface area contributed by atoms with Crippen LogP contribution in [0.25, 0.3) is 0 Å². The lowest BCUT2D eigenvalue weighted by atomic mass is 10.2. The van der Waals surface area contributed by atoms with Crippen LogP contribution in [-0.4, -0.2) is 6.61 Å². The van der Waals surface area contributed by atoms with Gasteiger partial charge in [-0.05, 0) is 36.2 Å². The summed E-state index contributed by atoms with van der Waals surface area (Å²) in [6.07, 6.45) is 0.929. The number of hydrogen-bond donors (Lipinski definition) is 1. The smallest absolute Gasteiger partial charge is 0.196 e. The molecule has 0 unspecified atom stereocenters. The monoisotopic (exact) mass is 295 g/mol. The summed E-state index contributed by atoms with van der Waals surface area (Å²) in [7, 11) is 0. The molecule has 0 spiro atoms.